The number of rotatable bonds is 4. The lowest BCUT2D eigenvalue weighted by atomic mass is 9.78. The molecule has 28 heavy (non-hydrogen) atoms. The molecule has 0 radical (unpaired) electrons. The fourth-order valence-corrected chi connectivity index (χ4v) is 4.19. The Hall–Kier alpha value is -3.22. The Bertz CT molecular complexity index is 1100. The third kappa shape index (κ3) is 3.13. The fraction of sp³-hybridized carbons (Fsp3) is 0.333. The Morgan fingerprint density at radius 1 is 1.25 bits per heavy atom. The van der Waals surface area contributed by atoms with Gasteiger partial charge in [-0.2, -0.15) is 5.10 Å². The van der Waals surface area contributed by atoms with Gasteiger partial charge in [0.1, 0.15) is 0 Å². The van der Waals surface area contributed by atoms with E-state index in [1.807, 2.05) is 12.3 Å². The number of fused-ring (bicyclic) bond motifs is 1. The molecule has 7 heteroatoms. The summed E-state index contributed by atoms with van der Waals surface area (Å²) in [7, 11) is 1.43. The second kappa shape index (κ2) is 7.07. The van der Waals surface area contributed by atoms with Gasteiger partial charge in [0, 0.05) is 30.2 Å². The number of aromatic hydroxyl groups is 1. The maximum Gasteiger partial charge on any atom is 0.275 e. The van der Waals surface area contributed by atoms with Crippen LogP contribution in [0.2, 0.25) is 0 Å². The minimum absolute atomic E-state index is 0.168. The van der Waals surface area contributed by atoms with Crippen molar-refractivity contribution in [3.05, 3.63) is 64.3 Å². The number of pyridine rings is 1. The molecule has 1 fully saturated rings. The van der Waals surface area contributed by atoms with Gasteiger partial charge in [0.05, 0.1) is 12.7 Å². The Morgan fingerprint density at radius 3 is 2.79 bits per heavy atom. The van der Waals surface area contributed by atoms with Crippen LogP contribution in [0.15, 0.2) is 47.7 Å². The molecule has 1 amide bonds. The van der Waals surface area contributed by atoms with Crippen molar-refractivity contribution in [2.24, 2.45) is 0 Å². The fourth-order valence-electron chi connectivity index (χ4n) is 4.19. The molecule has 1 saturated carbocycles. The first-order valence-corrected chi connectivity index (χ1v) is 9.39. The second-order valence-corrected chi connectivity index (χ2v) is 7.39. The predicted octanol–water partition coefficient (Wildman–Crippen LogP) is 2.37. The zero-order valence-electron chi connectivity index (χ0n) is 15.7. The molecule has 3 aromatic rings. The summed E-state index contributed by atoms with van der Waals surface area (Å²) in [6.07, 6.45) is 9.09. The number of hydrogen-bond donors (Lipinski definition) is 2. The zero-order chi connectivity index (χ0) is 19.7. The van der Waals surface area contributed by atoms with Crippen LogP contribution in [0.1, 0.15) is 41.7 Å². The summed E-state index contributed by atoms with van der Waals surface area (Å²) in [4.78, 5) is 28.2. The molecule has 1 aliphatic rings. The van der Waals surface area contributed by atoms with E-state index in [1.54, 1.807) is 6.20 Å². The third-order valence-corrected chi connectivity index (χ3v) is 5.67. The molecule has 4 rings (SSSR count). The largest absolute Gasteiger partial charge is 0.503 e. The monoisotopic (exact) mass is 378 g/mol. The van der Waals surface area contributed by atoms with Gasteiger partial charge >= 0.3 is 0 Å². The lowest BCUT2D eigenvalue weighted by Crippen LogP contribution is -2.33. The van der Waals surface area contributed by atoms with Crippen molar-refractivity contribution in [3.63, 3.8) is 0 Å². The van der Waals surface area contributed by atoms with Crippen molar-refractivity contribution in [1.29, 1.82) is 0 Å². The van der Waals surface area contributed by atoms with E-state index >= 15 is 0 Å². The van der Waals surface area contributed by atoms with Gasteiger partial charge in [-0.1, -0.05) is 25.0 Å². The predicted molar refractivity (Wildman–Crippen MR) is 105 cm³/mol. The summed E-state index contributed by atoms with van der Waals surface area (Å²) in [5.41, 5.74) is -0.0309. The van der Waals surface area contributed by atoms with E-state index in [0.717, 1.165) is 36.5 Å². The van der Waals surface area contributed by atoms with Gasteiger partial charge in [-0.3, -0.25) is 19.3 Å². The van der Waals surface area contributed by atoms with Crippen LogP contribution in [0.5, 0.6) is 5.75 Å². The molecule has 0 aliphatic heterocycles. The van der Waals surface area contributed by atoms with Crippen LogP contribution < -0.4 is 10.7 Å². The van der Waals surface area contributed by atoms with E-state index in [4.69, 9.17) is 0 Å². The molecule has 0 unspecified atom stereocenters. The molecular weight excluding hydrogens is 356 g/mol. The topological polar surface area (TPSA) is 97.1 Å². The van der Waals surface area contributed by atoms with Crippen molar-refractivity contribution in [2.75, 3.05) is 7.05 Å². The molecule has 0 saturated heterocycles. The number of aromatic nitrogens is 3. The summed E-state index contributed by atoms with van der Waals surface area (Å²) in [5.74, 6) is -1.07. The van der Waals surface area contributed by atoms with E-state index in [1.165, 1.54) is 23.5 Å². The van der Waals surface area contributed by atoms with Gasteiger partial charge in [0.15, 0.2) is 11.4 Å². The highest BCUT2D eigenvalue weighted by Crippen LogP contribution is 2.43. The Morgan fingerprint density at radius 2 is 2.04 bits per heavy atom. The molecule has 144 valence electrons. The molecule has 1 aromatic carbocycles. The van der Waals surface area contributed by atoms with Crippen LogP contribution in [-0.4, -0.2) is 32.8 Å². The summed E-state index contributed by atoms with van der Waals surface area (Å²) < 4.78 is 1.53. The number of nitrogens with zero attached hydrogens (tertiary/aromatic N) is 3. The van der Waals surface area contributed by atoms with Crippen molar-refractivity contribution in [2.45, 2.75) is 37.6 Å². The van der Waals surface area contributed by atoms with Crippen molar-refractivity contribution in [1.82, 2.24) is 20.1 Å². The quantitative estimate of drug-likeness (QED) is 0.726. The van der Waals surface area contributed by atoms with E-state index in [0.29, 0.717) is 6.54 Å². The van der Waals surface area contributed by atoms with Gasteiger partial charge in [-0.25, -0.2) is 0 Å². The van der Waals surface area contributed by atoms with Crippen molar-refractivity contribution >= 4 is 16.7 Å². The number of carbonyl (C=O) groups is 1. The van der Waals surface area contributed by atoms with Crippen LogP contribution in [-0.2, 0) is 12.0 Å². The maximum atomic E-state index is 12.1. The molecule has 2 heterocycles. The van der Waals surface area contributed by atoms with E-state index < -0.39 is 17.1 Å². The first-order chi connectivity index (χ1) is 13.5. The van der Waals surface area contributed by atoms with Gasteiger partial charge in [0.2, 0.25) is 0 Å². The van der Waals surface area contributed by atoms with Gasteiger partial charge < -0.3 is 10.4 Å². The lowest BCUT2D eigenvalue weighted by Gasteiger charge is -2.30. The van der Waals surface area contributed by atoms with E-state index in [2.05, 4.69) is 33.6 Å². The molecule has 0 spiro atoms. The van der Waals surface area contributed by atoms with Crippen LogP contribution in [0, 0.1) is 0 Å². The maximum absolute atomic E-state index is 12.1. The summed E-state index contributed by atoms with van der Waals surface area (Å²) in [6.45, 7) is 0.483. The molecule has 1 aliphatic carbocycles. The number of nitrogens with one attached hydrogen (secondary N) is 1. The molecular formula is C21H22N4O3. The van der Waals surface area contributed by atoms with Gasteiger partial charge in [-0.05, 0) is 35.9 Å². The lowest BCUT2D eigenvalue weighted by molar-refractivity contribution is 0.0953. The Balaban J connectivity index is 1.77. The van der Waals surface area contributed by atoms with E-state index in [-0.39, 0.29) is 11.1 Å². The van der Waals surface area contributed by atoms with E-state index in [9.17, 15) is 14.7 Å². The highest BCUT2D eigenvalue weighted by molar-refractivity contribution is 5.92. The molecule has 0 bridgehead atoms. The number of hydrogen-bond acceptors (Lipinski definition) is 5. The van der Waals surface area contributed by atoms with Crippen LogP contribution in [0.4, 0.5) is 0 Å². The minimum atomic E-state index is -0.757. The SMILES string of the molecule is CNC(=O)c1nn(CC2(c3ccc4ccncc4c3)CCCC2)cc(O)c1=O. The Kier molecular flexibility index (Phi) is 4.58. The van der Waals surface area contributed by atoms with Crippen LogP contribution in [0.25, 0.3) is 10.8 Å². The highest BCUT2D eigenvalue weighted by Gasteiger charge is 2.36. The summed E-state index contributed by atoms with van der Waals surface area (Å²) in [5, 5.41) is 18.9. The average Bonchev–Trinajstić information content (AvgIpc) is 3.19. The van der Waals surface area contributed by atoms with Gasteiger partial charge in [0.25, 0.3) is 11.3 Å². The average molecular weight is 378 g/mol. The smallest absolute Gasteiger partial charge is 0.275 e. The molecule has 0 atom stereocenters. The second-order valence-electron chi connectivity index (χ2n) is 7.39. The van der Waals surface area contributed by atoms with Crippen molar-refractivity contribution < 1.29 is 9.90 Å². The normalized spacial score (nSPS) is 15.6. The number of carbonyl (C=O) groups excluding carboxylic acids is 1. The standard InChI is InChI=1S/C21H22N4O3/c1-22-20(28)18-19(27)17(26)12-25(24-18)13-21(7-2-3-8-21)16-5-4-14-6-9-23-11-15(14)10-16/h4-6,9-12,26H,2-3,7-8,13H2,1H3,(H,22,28). The zero-order valence-corrected chi connectivity index (χ0v) is 15.7. The summed E-state index contributed by atoms with van der Waals surface area (Å²) >= 11 is 0. The highest BCUT2D eigenvalue weighted by atomic mass is 16.3. The van der Waals surface area contributed by atoms with Crippen LogP contribution >= 0.6 is 0 Å². The first-order valence-electron chi connectivity index (χ1n) is 9.39. The molecule has 2 N–H and O–H groups in total. The van der Waals surface area contributed by atoms with Crippen LogP contribution in [0.3, 0.4) is 0 Å². The minimum Gasteiger partial charge on any atom is -0.503 e. The first kappa shape index (κ1) is 18.2. The van der Waals surface area contributed by atoms with Gasteiger partial charge in [-0.15, -0.1) is 0 Å². The Labute approximate surface area is 162 Å². The van der Waals surface area contributed by atoms with Crippen molar-refractivity contribution in [3.8, 4) is 5.75 Å². The molecule has 2 aromatic heterocycles. The number of benzene rings is 1. The summed E-state index contributed by atoms with van der Waals surface area (Å²) in [6, 6.07) is 8.38. The third-order valence-electron chi connectivity index (χ3n) is 5.67. The number of amides is 1. The molecule has 7 nitrogen and oxygen atoms in total.